The van der Waals surface area contributed by atoms with Crippen molar-refractivity contribution in [2.45, 2.75) is 32.9 Å². The van der Waals surface area contributed by atoms with Gasteiger partial charge in [-0.3, -0.25) is 4.79 Å². The summed E-state index contributed by atoms with van der Waals surface area (Å²) in [5.41, 5.74) is 4.44. The highest BCUT2D eigenvalue weighted by molar-refractivity contribution is 5.65. The molecule has 0 spiro atoms. The molecule has 8 heteroatoms. The lowest BCUT2D eigenvalue weighted by atomic mass is 10.2. The third-order valence-electron chi connectivity index (χ3n) is 6.18. The minimum atomic E-state index is -0.307. The van der Waals surface area contributed by atoms with E-state index in [1.54, 1.807) is 30.1 Å². The number of pyridine rings is 1. The van der Waals surface area contributed by atoms with Crippen molar-refractivity contribution in [3.63, 3.8) is 0 Å². The normalized spacial score (nSPS) is 13.1. The molecule has 1 aliphatic carbocycles. The zero-order valence-electron chi connectivity index (χ0n) is 20.4. The van der Waals surface area contributed by atoms with Crippen molar-refractivity contribution in [1.29, 1.82) is 0 Å². The van der Waals surface area contributed by atoms with Crippen molar-refractivity contribution in [3.8, 4) is 11.4 Å². The lowest BCUT2D eigenvalue weighted by Crippen LogP contribution is -2.23. The van der Waals surface area contributed by atoms with Gasteiger partial charge in [0.1, 0.15) is 17.3 Å². The highest BCUT2D eigenvalue weighted by atomic mass is 19.1. The van der Waals surface area contributed by atoms with E-state index in [0.29, 0.717) is 36.2 Å². The Morgan fingerprint density at radius 1 is 1.08 bits per heavy atom. The summed E-state index contributed by atoms with van der Waals surface area (Å²) in [4.78, 5) is 17.7. The van der Waals surface area contributed by atoms with E-state index >= 15 is 0 Å². The molecule has 2 heterocycles. The molecule has 0 bridgehead atoms. The van der Waals surface area contributed by atoms with E-state index in [1.165, 1.54) is 25.0 Å². The molecule has 186 valence electrons. The van der Waals surface area contributed by atoms with Crippen LogP contribution in [0.4, 0.5) is 15.8 Å². The van der Waals surface area contributed by atoms with E-state index in [2.05, 4.69) is 10.3 Å². The number of anilines is 2. The van der Waals surface area contributed by atoms with Crippen LogP contribution in [0.25, 0.3) is 5.69 Å². The summed E-state index contributed by atoms with van der Waals surface area (Å²) < 4.78 is 28.4. The number of imidazole rings is 1. The highest BCUT2D eigenvalue weighted by Gasteiger charge is 2.21. The van der Waals surface area contributed by atoms with Crippen LogP contribution in [0.3, 0.4) is 0 Å². The van der Waals surface area contributed by atoms with Gasteiger partial charge < -0.3 is 23.9 Å². The number of aromatic nitrogens is 3. The predicted octanol–water partition coefficient (Wildman–Crippen LogP) is 5.21. The lowest BCUT2D eigenvalue weighted by molar-refractivity contribution is 0.111. The third kappa shape index (κ3) is 5.66. The number of hydrogen-bond donors (Lipinski definition) is 1. The van der Waals surface area contributed by atoms with Gasteiger partial charge in [-0.15, -0.1) is 0 Å². The molecule has 2 aromatic carbocycles. The monoisotopic (exact) mass is 488 g/mol. The van der Waals surface area contributed by atoms with Gasteiger partial charge in [0.15, 0.2) is 0 Å². The van der Waals surface area contributed by atoms with Crippen molar-refractivity contribution >= 4 is 11.4 Å². The minimum absolute atomic E-state index is 0.182. The fourth-order valence-electron chi connectivity index (χ4n) is 4.08. The number of methoxy groups -OCH3 is 1. The van der Waals surface area contributed by atoms with Gasteiger partial charge in [-0.05, 0) is 67.1 Å². The Hall–Kier alpha value is -3.91. The van der Waals surface area contributed by atoms with Gasteiger partial charge in [-0.2, -0.15) is 0 Å². The van der Waals surface area contributed by atoms with Crippen molar-refractivity contribution in [3.05, 3.63) is 100 Å². The number of rotatable bonds is 10. The van der Waals surface area contributed by atoms with Gasteiger partial charge in [0.25, 0.3) is 5.56 Å². The first-order valence-electron chi connectivity index (χ1n) is 12.0. The molecule has 0 amide bonds. The van der Waals surface area contributed by atoms with Crippen molar-refractivity contribution < 1.29 is 13.9 Å². The summed E-state index contributed by atoms with van der Waals surface area (Å²) in [6.45, 7) is 3.40. The summed E-state index contributed by atoms with van der Waals surface area (Å²) >= 11 is 0. The number of nitrogens with zero attached hydrogens (tertiary/aromatic N) is 3. The summed E-state index contributed by atoms with van der Waals surface area (Å²) in [5, 5.41) is 3.26. The van der Waals surface area contributed by atoms with Crippen molar-refractivity contribution in [2.24, 2.45) is 5.92 Å². The van der Waals surface area contributed by atoms with Gasteiger partial charge in [0.2, 0.25) is 0 Å². The van der Waals surface area contributed by atoms with E-state index in [-0.39, 0.29) is 11.4 Å². The Kier molecular flexibility index (Phi) is 6.86. The zero-order chi connectivity index (χ0) is 25.1. The average molecular weight is 489 g/mol. The molecule has 0 aliphatic heterocycles. The Morgan fingerprint density at radius 3 is 2.58 bits per heavy atom. The Morgan fingerprint density at radius 2 is 1.89 bits per heavy atom. The molecule has 0 atom stereocenters. The van der Waals surface area contributed by atoms with Crippen LogP contribution in [0, 0.1) is 18.7 Å². The maximum atomic E-state index is 13.4. The highest BCUT2D eigenvalue weighted by Crippen LogP contribution is 2.30. The Labute approximate surface area is 209 Å². The summed E-state index contributed by atoms with van der Waals surface area (Å²) in [5.74, 6) is 0.991. The smallest absolute Gasteiger partial charge is 0.274 e. The predicted molar refractivity (Wildman–Crippen MR) is 137 cm³/mol. The number of benzene rings is 2. The molecule has 2 aromatic heterocycles. The number of halogens is 1. The van der Waals surface area contributed by atoms with Crippen LogP contribution in [0.1, 0.15) is 29.7 Å². The van der Waals surface area contributed by atoms with Crippen LogP contribution in [0.15, 0.2) is 72.0 Å². The summed E-state index contributed by atoms with van der Waals surface area (Å²) in [6, 6.07) is 13.7. The molecule has 0 unspecified atom stereocenters. The van der Waals surface area contributed by atoms with Crippen molar-refractivity contribution in [2.75, 3.05) is 19.0 Å². The molecule has 0 saturated heterocycles. The van der Waals surface area contributed by atoms with Gasteiger partial charge in [0.05, 0.1) is 38.0 Å². The van der Waals surface area contributed by atoms with Gasteiger partial charge in [-0.1, -0.05) is 12.1 Å². The van der Waals surface area contributed by atoms with Gasteiger partial charge in [0, 0.05) is 30.8 Å². The minimum Gasteiger partial charge on any atom is -0.494 e. The molecular weight excluding hydrogens is 459 g/mol. The second kappa shape index (κ2) is 10.4. The molecule has 36 heavy (non-hydrogen) atoms. The number of nitrogens with one attached hydrogen (secondary N) is 1. The fourth-order valence-corrected chi connectivity index (χ4v) is 4.08. The molecule has 0 radical (unpaired) electrons. The van der Waals surface area contributed by atoms with Gasteiger partial charge >= 0.3 is 0 Å². The van der Waals surface area contributed by atoms with Crippen LogP contribution >= 0.6 is 0 Å². The van der Waals surface area contributed by atoms with E-state index < -0.39 is 0 Å². The standard InChI is InChI=1S/C28H29FN4O3/c1-19-13-33(18-30-19)26-10-9-24(12-27(26)35-2)31-25-11-22(17-36-16-21-3-4-21)15-32(28(25)34)14-20-5-7-23(29)8-6-20/h5-13,15,18,21,31H,3-4,14,16-17H2,1-2H3. The maximum Gasteiger partial charge on any atom is 0.274 e. The van der Waals surface area contributed by atoms with Crippen LogP contribution in [-0.2, 0) is 17.9 Å². The van der Waals surface area contributed by atoms with E-state index in [4.69, 9.17) is 9.47 Å². The molecule has 1 saturated carbocycles. The zero-order valence-corrected chi connectivity index (χ0v) is 20.4. The largest absolute Gasteiger partial charge is 0.494 e. The number of ether oxygens (including phenoxy) is 2. The molecule has 7 nitrogen and oxygen atoms in total. The van der Waals surface area contributed by atoms with Crippen LogP contribution in [-0.4, -0.2) is 27.8 Å². The van der Waals surface area contributed by atoms with E-state index in [0.717, 1.165) is 29.1 Å². The summed E-state index contributed by atoms with van der Waals surface area (Å²) in [7, 11) is 1.61. The maximum absolute atomic E-state index is 13.4. The summed E-state index contributed by atoms with van der Waals surface area (Å²) in [6.07, 6.45) is 7.90. The van der Waals surface area contributed by atoms with E-state index in [1.807, 2.05) is 48.1 Å². The second-order valence-corrected chi connectivity index (χ2v) is 9.21. The molecule has 1 aliphatic rings. The fraction of sp³-hybridized carbons (Fsp3) is 0.286. The first-order chi connectivity index (χ1) is 17.5. The molecule has 1 fully saturated rings. The number of hydrogen-bond acceptors (Lipinski definition) is 5. The number of aryl methyl sites for hydroxylation is 1. The first kappa shape index (κ1) is 23.8. The molecule has 5 rings (SSSR count). The Bertz CT molecular complexity index is 1410. The van der Waals surface area contributed by atoms with Crippen molar-refractivity contribution in [1.82, 2.24) is 14.1 Å². The first-order valence-corrected chi connectivity index (χ1v) is 12.0. The lowest BCUT2D eigenvalue weighted by Gasteiger charge is -2.15. The molecule has 4 aromatic rings. The van der Waals surface area contributed by atoms with Crippen LogP contribution in [0.5, 0.6) is 5.75 Å². The van der Waals surface area contributed by atoms with Gasteiger partial charge in [-0.25, -0.2) is 9.37 Å². The van der Waals surface area contributed by atoms with Crippen LogP contribution in [0.2, 0.25) is 0 Å². The van der Waals surface area contributed by atoms with Crippen LogP contribution < -0.4 is 15.6 Å². The Balaban J connectivity index is 1.44. The molecular formula is C28H29FN4O3. The average Bonchev–Trinajstić information content (AvgIpc) is 3.60. The second-order valence-electron chi connectivity index (χ2n) is 9.21. The van der Waals surface area contributed by atoms with E-state index in [9.17, 15) is 9.18 Å². The quantitative estimate of drug-likeness (QED) is 0.332. The molecule has 1 N–H and O–H groups in total. The SMILES string of the molecule is COc1cc(Nc2cc(COCC3CC3)cn(Cc3ccc(F)cc3)c2=O)ccc1-n1cnc(C)c1. The third-order valence-corrected chi connectivity index (χ3v) is 6.18. The topological polar surface area (TPSA) is 70.3 Å².